The second-order valence-electron chi connectivity index (χ2n) is 4.86. The van der Waals surface area contributed by atoms with E-state index in [0.717, 1.165) is 27.3 Å². The number of pyridine rings is 1. The summed E-state index contributed by atoms with van der Waals surface area (Å²) >= 11 is 0. The SMILES string of the molecule is COc1nc2occ(-c3ccccc3)c2c2ccccc12. The Labute approximate surface area is 121 Å². The molecule has 4 rings (SSSR count). The van der Waals surface area contributed by atoms with Gasteiger partial charge < -0.3 is 9.15 Å². The predicted molar refractivity (Wildman–Crippen MR) is 83.5 cm³/mol. The van der Waals surface area contributed by atoms with Crippen molar-refractivity contribution in [3.63, 3.8) is 0 Å². The first-order chi connectivity index (χ1) is 10.4. The number of ether oxygens (including phenoxy) is 1. The zero-order chi connectivity index (χ0) is 14.2. The summed E-state index contributed by atoms with van der Waals surface area (Å²) in [6.07, 6.45) is 1.76. The van der Waals surface area contributed by atoms with E-state index in [1.807, 2.05) is 36.4 Å². The number of hydrogen-bond donors (Lipinski definition) is 0. The minimum absolute atomic E-state index is 0.590. The lowest BCUT2D eigenvalue weighted by atomic mass is 10.0. The van der Waals surface area contributed by atoms with E-state index in [0.29, 0.717) is 11.6 Å². The Morgan fingerprint density at radius 1 is 0.905 bits per heavy atom. The van der Waals surface area contributed by atoms with Crippen molar-refractivity contribution in [2.75, 3.05) is 7.11 Å². The van der Waals surface area contributed by atoms with Crippen LogP contribution in [-0.4, -0.2) is 12.1 Å². The lowest BCUT2D eigenvalue weighted by molar-refractivity contribution is 0.402. The van der Waals surface area contributed by atoms with Gasteiger partial charge in [0.15, 0.2) is 0 Å². The monoisotopic (exact) mass is 275 g/mol. The van der Waals surface area contributed by atoms with Crippen LogP contribution >= 0.6 is 0 Å². The van der Waals surface area contributed by atoms with E-state index in [4.69, 9.17) is 9.15 Å². The van der Waals surface area contributed by atoms with Crippen LogP contribution in [0.25, 0.3) is 33.0 Å². The van der Waals surface area contributed by atoms with Crippen LogP contribution in [0.1, 0.15) is 0 Å². The average Bonchev–Trinajstić information content (AvgIpc) is 2.99. The second kappa shape index (κ2) is 4.63. The average molecular weight is 275 g/mol. The van der Waals surface area contributed by atoms with Crippen molar-refractivity contribution in [3.8, 4) is 17.0 Å². The van der Waals surface area contributed by atoms with Crippen molar-refractivity contribution in [2.24, 2.45) is 0 Å². The van der Waals surface area contributed by atoms with Crippen LogP contribution in [-0.2, 0) is 0 Å². The topological polar surface area (TPSA) is 35.3 Å². The molecule has 0 aliphatic carbocycles. The van der Waals surface area contributed by atoms with Gasteiger partial charge in [0.05, 0.1) is 12.5 Å². The first kappa shape index (κ1) is 12.0. The van der Waals surface area contributed by atoms with Crippen molar-refractivity contribution in [1.29, 1.82) is 0 Å². The zero-order valence-electron chi connectivity index (χ0n) is 11.5. The number of hydrogen-bond acceptors (Lipinski definition) is 3. The molecule has 0 aliphatic rings. The van der Waals surface area contributed by atoms with Crippen LogP contribution in [0.15, 0.2) is 65.3 Å². The van der Waals surface area contributed by atoms with Gasteiger partial charge in [0, 0.05) is 16.3 Å². The van der Waals surface area contributed by atoms with Gasteiger partial charge in [0.1, 0.15) is 6.26 Å². The van der Waals surface area contributed by atoms with Crippen LogP contribution in [0, 0.1) is 0 Å². The minimum Gasteiger partial charge on any atom is -0.480 e. The maximum Gasteiger partial charge on any atom is 0.230 e. The molecule has 0 radical (unpaired) electrons. The van der Waals surface area contributed by atoms with Crippen molar-refractivity contribution in [1.82, 2.24) is 4.98 Å². The van der Waals surface area contributed by atoms with E-state index in [2.05, 4.69) is 23.2 Å². The van der Waals surface area contributed by atoms with Gasteiger partial charge in [-0.15, -0.1) is 0 Å². The van der Waals surface area contributed by atoms with Gasteiger partial charge in [-0.25, -0.2) is 0 Å². The summed E-state index contributed by atoms with van der Waals surface area (Å²) < 4.78 is 11.0. The molecule has 0 fully saturated rings. The summed E-state index contributed by atoms with van der Waals surface area (Å²) in [6, 6.07) is 18.3. The van der Waals surface area contributed by atoms with E-state index in [-0.39, 0.29) is 0 Å². The van der Waals surface area contributed by atoms with Crippen LogP contribution in [0.5, 0.6) is 5.88 Å². The molecule has 0 bridgehead atoms. The summed E-state index contributed by atoms with van der Waals surface area (Å²) in [5.41, 5.74) is 2.77. The van der Waals surface area contributed by atoms with E-state index >= 15 is 0 Å². The van der Waals surface area contributed by atoms with Crippen molar-refractivity contribution < 1.29 is 9.15 Å². The van der Waals surface area contributed by atoms with Crippen LogP contribution in [0.4, 0.5) is 0 Å². The molecule has 0 amide bonds. The lowest BCUT2D eigenvalue weighted by Crippen LogP contribution is -1.90. The highest BCUT2D eigenvalue weighted by atomic mass is 16.5. The van der Waals surface area contributed by atoms with Crippen LogP contribution in [0.3, 0.4) is 0 Å². The van der Waals surface area contributed by atoms with E-state index in [9.17, 15) is 0 Å². The van der Waals surface area contributed by atoms with Crippen molar-refractivity contribution in [2.45, 2.75) is 0 Å². The van der Waals surface area contributed by atoms with E-state index < -0.39 is 0 Å². The Bertz CT molecular complexity index is 926. The molecule has 0 unspecified atom stereocenters. The van der Waals surface area contributed by atoms with Crippen molar-refractivity contribution >= 4 is 21.9 Å². The Morgan fingerprint density at radius 3 is 2.38 bits per heavy atom. The largest absolute Gasteiger partial charge is 0.480 e. The molecular formula is C18H13NO2. The number of fused-ring (bicyclic) bond motifs is 3. The zero-order valence-corrected chi connectivity index (χ0v) is 11.5. The first-order valence-electron chi connectivity index (χ1n) is 6.78. The second-order valence-corrected chi connectivity index (χ2v) is 4.86. The number of rotatable bonds is 2. The fraction of sp³-hybridized carbons (Fsp3) is 0.0556. The Morgan fingerprint density at radius 2 is 1.62 bits per heavy atom. The Hall–Kier alpha value is -2.81. The number of furan rings is 1. The van der Waals surface area contributed by atoms with Crippen molar-refractivity contribution in [3.05, 3.63) is 60.9 Å². The third kappa shape index (κ3) is 1.78. The summed E-state index contributed by atoms with van der Waals surface area (Å²) in [5.74, 6) is 0.590. The lowest BCUT2D eigenvalue weighted by Gasteiger charge is -2.06. The third-order valence-electron chi connectivity index (χ3n) is 3.68. The number of aromatic nitrogens is 1. The molecule has 0 aliphatic heterocycles. The van der Waals surface area contributed by atoms with Gasteiger partial charge in [-0.1, -0.05) is 48.5 Å². The highest BCUT2D eigenvalue weighted by Crippen LogP contribution is 2.37. The van der Waals surface area contributed by atoms with Gasteiger partial charge >= 0.3 is 0 Å². The molecule has 0 saturated carbocycles. The fourth-order valence-electron chi connectivity index (χ4n) is 2.72. The predicted octanol–water partition coefficient (Wildman–Crippen LogP) is 4.66. The van der Waals surface area contributed by atoms with E-state index in [1.165, 1.54) is 0 Å². The molecule has 0 N–H and O–H groups in total. The maximum atomic E-state index is 5.66. The third-order valence-corrected chi connectivity index (χ3v) is 3.68. The van der Waals surface area contributed by atoms with Gasteiger partial charge in [-0.3, -0.25) is 0 Å². The summed E-state index contributed by atoms with van der Waals surface area (Å²) in [4.78, 5) is 4.48. The molecule has 0 atom stereocenters. The Kier molecular flexibility index (Phi) is 2.64. The van der Waals surface area contributed by atoms with E-state index in [1.54, 1.807) is 13.4 Å². The van der Waals surface area contributed by atoms with Gasteiger partial charge in [-0.2, -0.15) is 4.98 Å². The van der Waals surface area contributed by atoms with Gasteiger partial charge in [0.2, 0.25) is 11.6 Å². The quantitative estimate of drug-likeness (QED) is 0.534. The number of methoxy groups -OCH3 is 1. The first-order valence-corrected chi connectivity index (χ1v) is 6.78. The fourth-order valence-corrected chi connectivity index (χ4v) is 2.72. The molecule has 2 heterocycles. The molecule has 0 spiro atoms. The Balaban J connectivity index is 2.15. The normalized spacial score (nSPS) is 11.1. The highest BCUT2D eigenvalue weighted by Gasteiger charge is 2.15. The minimum atomic E-state index is 0.590. The number of nitrogens with zero attached hydrogens (tertiary/aromatic N) is 1. The van der Waals surface area contributed by atoms with Gasteiger partial charge in [0.25, 0.3) is 0 Å². The standard InChI is InChI=1S/C18H13NO2/c1-20-17-14-10-6-5-9-13(14)16-15(11-21-18(16)19-17)12-7-3-2-4-8-12/h2-11H,1H3. The number of benzene rings is 2. The highest BCUT2D eigenvalue weighted by molar-refractivity contribution is 6.12. The maximum absolute atomic E-state index is 5.66. The molecule has 21 heavy (non-hydrogen) atoms. The molecule has 2 aromatic heterocycles. The molecule has 4 aromatic rings. The molecule has 2 aromatic carbocycles. The van der Waals surface area contributed by atoms with Crippen LogP contribution in [0.2, 0.25) is 0 Å². The molecule has 102 valence electrons. The molecular weight excluding hydrogens is 262 g/mol. The molecule has 3 heteroatoms. The molecule has 3 nitrogen and oxygen atoms in total. The summed E-state index contributed by atoms with van der Waals surface area (Å²) in [5, 5.41) is 3.11. The summed E-state index contributed by atoms with van der Waals surface area (Å²) in [7, 11) is 1.63. The summed E-state index contributed by atoms with van der Waals surface area (Å²) in [6.45, 7) is 0. The van der Waals surface area contributed by atoms with Crippen LogP contribution < -0.4 is 4.74 Å². The van der Waals surface area contributed by atoms with Gasteiger partial charge in [-0.05, 0) is 11.6 Å². The molecule has 0 saturated heterocycles. The smallest absolute Gasteiger partial charge is 0.230 e.